The van der Waals surface area contributed by atoms with Crippen LogP contribution < -0.4 is 20.1 Å². The smallest absolute Gasteiger partial charge is 0.387 e. The highest BCUT2D eigenvalue weighted by Crippen LogP contribution is 2.29. The summed E-state index contributed by atoms with van der Waals surface area (Å²) < 4.78 is 33.9. The molecule has 0 spiro atoms. The van der Waals surface area contributed by atoms with Crippen molar-refractivity contribution in [2.75, 3.05) is 20.2 Å². The molecule has 0 bridgehead atoms. The molecule has 0 unspecified atom stereocenters. The molecular weight excluding hydrogens is 370 g/mol. The molecule has 0 saturated heterocycles. The minimum absolute atomic E-state index is 0.00547. The molecule has 2 amide bonds. The lowest BCUT2D eigenvalue weighted by Gasteiger charge is -2.14. The first-order valence-electron chi connectivity index (χ1n) is 8.63. The van der Waals surface area contributed by atoms with Gasteiger partial charge in [-0.3, -0.25) is 9.59 Å². The monoisotopic (exact) mass is 392 g/mol. The molecule has 8 heteroatoms. The van der Waals surface area contributed by atoms with E-state index in [4.69, 9.17) is 4.74 Å². The average Bonchev–Trinajstić information content (AvgIpc) is 2.70. The third-order valence-electron chi connectivity index (χ3n) is 4.03. The Hall–Kier alpha value is -3.16. The summed E-state index contributed by atoms with van der Waals surface area (Å²) in [4.78, 5) is 24.1. The van der Waals surface area contributed by atoms with E-state index >= 15 is 0 Å². The lowest BCUT2D eigenvalue weighted by Crippen LogP contribution is -2.38. The molecule has 0 aliphatic carbocycles. The largest absolute Gasteiger partial charge is 0.493 e. The Morgan fingerprint density at radius 1 is 1.04 bits per heavy atom. The molecule has 2 aromatic rings. The van der Waals surface area contributed by atoms with Gasteiger partial charge in [-0.2, -0.15) is 8.78 Å². The van der Waals surface area contributed by atoms with Gasteiger partial charge < -0.3 is 20.1 Å². The van der Waals surface area contributed by atoms with Crippen molar-refractivity contribution in [2.45, 2.75) is 19.5 Å². The van der Waals surface area contributed by atoms with Crippen molar-refractivity contribution < 1.29 is 27.8 Å². The molecular formula is C20H22F2N2O4. The zero-order valence-electron chi connectivity index (χ0n) is 15.6. The first-order valence-corrected chi connectivity index (χ1v) is 8.63. The highest BCUT2D eigenvalue weighted by atomic mass is 19.3. The first kappa shape index (κ1) is 21.1. The van der Waals surface area contributed by atoms with E-state index in [2.05, 4.69) is 15.4 Å². The lowest BCUT2D eigenvalue weighted by molar-refractivity contribution is -0.120. The van der Waals surface area contributed by atoms with Gasteiger partial charge in [0.1, 0.15) is 0 Å². The van der Waals surface area contributed by atoms with Crippen molar-refractivity contribution in [3.8, 4) is 11.5 Å². The van der Waals surface area contributed by atoms with Crippen molar-refractivity contribution >= 4 is 11.8 Å². The molecule has 6 nitrogen and oxygen atoms in total. The molecule has 2 N–H and O–H groups in total. The zero-order valence-corrected chi connectivity index (χ0v) is 15.6. The number of amides is 2. The van der Waals surface area contributed by atoms with Gasteiger partial charge >= 0.3 is 6.61 Å². The topological polar surface area (TPSA) is 76.7 Å². The number of carbonyl (C=O) groups is 2. The summed E-state index contributed by atoms with van der Waals surface area (Å²) in [6.45, 7) is -0.788. The molecule has 0 aliphatic heterocycles. The van der Waals surface area contributed by atoms with Crippen LogP contribution in [-0.2, 0) is 4.79 Å². The summed E-state index contributed by atoms with van der Waals surface area (Å²) >= 11 is 0. The van der Waals surface area contributed by atoms with Gasteiger partial charge in [-0.15, -0.1) is 0 Å². The number of hydrogen-bond acceptors (Lipinski definition) is 4. The Bertz CT molecular complexity index is 800. The number of methoxy groups -OCH3 is 1. The predicted octanol–water partition coefficient (Wildman–Crippen LogP) is 2.95. The van der Waals surface area contributed by atoms with Crippen LogP contribution in [0.3, 0.4) is 0 Å². The van der Waals surface area contributed by atoms with Crippen LogP contribution in [0.25, 0.3) is 0 Å². The van der Waals surface area contributed by atoms with Crippen LogP contribution in [0.1, 0.15) is 28.8 Å². The second kappa shape index (κ2) is 10.2. The number of ether oxygens (including phenoxy) is 2. The number of benzene rings is 2. The highest BCUT2D eigenvalue weighted by Gasteiger charge is 2.15. The number of alkyl halides is 2. The third kappa shape index (κ3) is 6.22. The van der Waals surface area contributed by atoms with Crippen LogP contribution in [0.15, 0.2) is 48.5 Å². The van der Waals surface area contributed by atoms with Gasteiger partial charge in [0.15, 0.2) is 11.5 Å². The summed E-state index contributed by atoms with van der Waals surface area (Å²) in [5.74, 6) is -0.919. The van der Waals surface area contributed by atoms with Crippen LogP contribution in [-0.4, -0.2) is 38.6 Å². The molecule has 0 fully saturated rings. The number of carbonyl (C=O) groups excluding carboxylic acids is 2. The van der Waals surface area contributed by atoms with Gasteiger partial charge in [-0.25, -0.2) is 0 Å². The minimum Gasteiger partial charge on any atom is -0.493 e. The van der Waals surface area contributed by atoms with Crippen molar-refractivity contribution in [1.29, 1.82) is 0 Å². The van der Waals surface area contributed by atoms with Gasteiger partial charge in [0, 0.05) is 12.1 Å². The molecule has 0 aromatic heterocycles. The van der Waals surface area contributed by atoms with Crippen molar-refractivity contribution in [3.63, 3.8) is 0 Å². The molecule has 2 aromatic carbocycles. The van der Waals surface area contributed by atoms with E-state index in [1.54, 1.807) is 0 Å². The average molecular weight is 392 g/mol. The van der Waals surface area contributed by atoms with E-state index in [0.29, 0.717) is 6.54 Å². The Morgan fingerprint density at radius 3 is 2.39 bits per heavy atom. The Morgan fingerprint density at radius 2 is 1.75 bits per heavy atom. The fourth-order valence-corrected chi connectivity index (χ4v) is 2.49. The van der Waals surface area contributed by atoms with E-state index in [9.17, 15) is 18.4 Å². The van der Waals surface area contributed by atoms with Crippen molar-refractivity contribution in [3.05, 3.63) is 59.7 Å². The van der Waals surface area contributed by atoms with E-state index in [1.165, 1.54) is 25.3 Å². The van der Waals surface area contributed by atoms with Gasteiger partial charge in [0.05, 0.1) is 13.7 Å². The van der Waals surface area contributed by atoms with Gasteiger partial charge in [-0.1, -0.05) is 37.3 Å². The molecule has 0 aliphatic rings. The zero-order chi connectivity index (χ0) is 20.5. The van der Waals surface area contributed by atoms with Crippen molar-refractivity contribution in [2.24, 2.45) is 0 Å². The Balaban J connectivity index is 1.85. The van der Waals surface area contributed by atoms with Crippen LogP contribution >= 0.6 is 0 Å². The van der Waals surface area contributed by atoms with Gasteiger partial charge in [0.2, 0.25) is 5.91 Å². The fourth-order valence-electron chi connectivity index (χ4n) is 2.49. The molecule has 0 saturated carbocycles. The van der Waals surface area contributed by atoms with Crippen LogP contribution in [0.4, 0.5) is 8.78 Å². The van der Waals surface area contributed by atoms with Crippen LogP contribution in [0.5, 0.6) is 11.5 Å². The Labute approximate surface area is 161 Å². The number of halogens is 2. The van der Waals surface area contributed by atoms with Crippen LogP contribution in [0, 0.1) is 0 Å². The second-order valence-electron chi connectivity index (χ2n) is 6.04. The second-order valence-corrected chi connectivity index (χ2v) is 6.04. The van der Waals surface area contributed by atoms with E-state index in [-0.39, 0.29) is 35.4 Å². The molecule has 150 valence electrons. The number of hydrogen-bond donors (Lipinski definition) is 2. The summed E-state index contributed by atoms with van der Waals surface area (Å²) in [6, 6.07) is 13.5. The maximum absolute atomic E-state index is 12.3. The Kier molecular flexibility index (Phi) is 7.74. The minimum atomic E-state index is -3.00. The highest BCUT2D eigenvalue weighted by molar-refractivity contribution is 5.97. The SMILES string of the molecule is COc1cc(C(=O)NCC(=O)NC[C@H](C)c2ccccc2)ccc1OC(F)F. The summed E-state index contributed by atoms with van der Waals surface area (Å²) in [6.07, 6.45) is 0. The van der Waals surface area contributed by atoms with Gasteiger partial charge in [-0.05, 0) is 29.7 Å². The van der Waals surface area contributed by atoms with Gasteiger partial charge in [0.25, 0.3) is 5.91 Å². The predicted molar refractivity (Wildman–Crippen MR) is 99.8 cm³/mol. The maximum atomic E-state index is 12.3. The quantitative estimate of drug-likeness (QED) is 0.688. The molecule has 28 heavy (non-hydrogen) atoms. The fraction of sp³-hybridized carbons (Fsp3) is 0.300. The number of rotatable bonds is 9. The third-order valence-corrected chi connectivity index (χ3v) is 4.03. The van der Waals surface area contributed by atoms with E-state index in [0.717, 1.165) is 5.56 Å². The first-order chi connectivity index (χ1) is 13.4. The molecule has 0 radical (unpaired) electrons. The molecule has 0 heterocycles. The van der Waals surface area contributed by atoms with Crippen LogP contribution in [0.2, 0.25) is 0 Å². The summed E-state index contributed by atoms with van der Waals surface area (Å²) in [5.41, 5.74) is 1.26. The molecule has 2 rings (SSSR count). The summed E-state index contributed by atoms with van der Waals surface area (Å²) in [5, 5.41) is 5.24. The summed E-state index contributed by atoms with van der Waals surface area (Å²) in [7, 11) is 1.27. The molecule has 1 atom stereocenters. The standard InChI is InChI=1S/C20H22F2N2O4/c1-13(14-6-4-3-5-7-14)11-23-18(25)12-24-19(26)15-8-9-16(28-20(21)22)17(10-15)27-2/h3-10,13,20H,11-12H2,1-2H3,(H,23,25)(H,24,26)/t13-/m0/s1. The lowest BCUT2D eigenvalue weighted by atomic mass is 10.0. The van der Waals surface area contributed by atoms with E-state index in [1.807, 2.05) is 37.3 Å². The van der Waals surface area contributed by atoms with Crippen molar-refractivity contribution in [1.82, 2.24) is 10.6 Å². The maximum Gasteiger partial charge on any atom is 0.387 e. The normalized spacial score (nSPS) is 11.6. The number of nitrogens with one attached hydrogen (secondary N) is 2. The van der Waals surface area contributed by atoms with E-state index < -0.39 is 12.5 Å².